The Morgan fingerprint density at radius 2 is 2.04 bits per heavy atom. The summed E-state index contributed by atoms with van der Waals surface area (Å²) in [5.74, 6) is 0.400. The molecular weight excluding hydrogens is 305 g/mol. The summed E-state index contributed by atoms with van der Waals surface area (Å²) >= 11 is 0. The maximum Gasteiger partial charge on any atom is 0.220 e. The van der Waals surface area contributed by atoms with Gasteiger partial charge in [-0.3, -0.25) is 4.79 Å². The first kappa shape index (κ1) is 18.0. The van der Waals surface area contributed by atoms with E-state index < -0.39 is 0 Å². The van der Waals surface area contributed by atoms with Gasteiger partial charge in [-0.25, -0.2) is 4.39 Å². The molecule has 0 aliphatic rings. The topological polar surface area (TPSA) is 38.3 Å². The standard InChI is InChI=1S/C20H24FNO2/c1-4-15-8-10-19(14(2)12-15)24-13-17-16(6-5-7-18(17)21)9-11-20(23)22-3/h5-8,10,12H,4,9,11,13H2,1-3H3,(H,22,23). The summed E-state index contributed by atoms with van der Waals surface area (Å²) in [5, 5.41) is 2.58. The minimum atomic E-state index is -0.299. The van der Waals surface area contributed by atoms with Gasteiger partial charge in [-0.1, -0.05) is 31.2 Å². The summed E-state index contributed by atoms with van der Waals surface area (Å²) in [6, 6.07) is 11.0. The molecule has 0 atom stereocenters. The Labute approximate surface area is 142 Å². The van der Waals surface area contributed by atoms with Crippen LogP contribution in [0, 0.1) is 12.7 Å². The van der Waals surface area contributed by atoms with Gasteiger partial charge in [-0.2, -0.15) is 0 Å². The largest absolute Gasteiger partial charge is 0.489 e. The predicted octanol–water partition coefficient (Wildman–Crippen LogP) is 3.95. The van der Waals surface area contributed by atoms with Crippen LogP contribution in [-0.4, -0.2) is 13.0 Å². The minimum Gasteiger partial charge on any atom is -0.489 e. The molecule has 1 N–H and O–H groups in total. The van der Waals surface area contributed by atoms with Gasteiger partial charge in [0.25, 0.3) is 0 Å². The van der Waals surface area contributed by atoms with Crippen LogP contribution in [0.5, 0.6) is 5.75 Å². The third kappa shape index (κ3) is 4.57. The van der Waals surface area contributed by atoms with Crippen molar-refractivity contribution in [1.82, 2.24) is 5.32 Å². The number of amides is 1. The Balaban J connectivity index is 2.12. The van der Waals surface area contributed by atoms with Gasteiger partial charge in [0, 0.05) is 19.0 Å². The van der Waals surface area contributed by atoms with E-state index in [1.807, 2.05) is 25.1 Å². The van der Waals surface area contributed by atoms with Crippen LogP contribution in [0.4, 0.5) is 4.39 Å². The molecule has 0 unspecified atom stereocenters. The summed E-state index contributed by atoms with van der Waals surface area (Å²) in [5.41, 5.74) is 3.61. The summed E-state index contributed by atoms with van der Waals surface area (Å²) in [7, 11) is 1.60. The number of hydrogen-bond donors (Lipinski definition) is 1. The zero-order chi connectivity index (χ0) is 17.5. The maximum atomic E-state index is 14.2. The van der Waals surface area contributed by atoms with Crippen LogP contribution in [0.2, 0.25) is 0 Å². The molecule has 2 aromatic carbocycles. The Morgan fingerprint density at radius 3 is 2.71 bits per heavy atom. The van der Waals surface area contributed by atoms with E-state index >= 15 is 0 Å². The highest BCUT2D eigenvalue weighted by Gasteiger charge is 2.11. The monoisotopic (exact) mass is 329 g/mol. The zero-order valence-electron chi connectivity index (χ0n) is 14.5. The van der Waals surface area contributed by atoms with Crippen molar-refractivity contribution in [3.05, 3.63) is 64.5 Å². The zero-order valence-corrected chi connectivity index (χ0v) is 14.5. The van der Waals surface area contributed by atoms with Crippen molar-refractivity contribution < 1.29 is 13.9 Å². The lowest BCUT2D eigenvalue weighted by Crippen LogP contribution is -2.18. The van der Waals surface area contributed by atoms with Crippen LogP contribution in [0.25, 0.3) is 0 Å². The molecule has 0 aromatic heterocycles. The fourth-order valence-corrected chi connectivity index (χ4v) is 2.62. The lowest BCUT2D eigenvalue weighted by atomic mass is 10.0. The van der Waals surface area contributed by atoms with Gasteiger partial charge >= 0.3 is 0 Å². The molecule has 24 heavy (non-hydrogen) atoms. The van der Waals surface area contributed by atoms with Gasteiger partial charge in [-0.05, 0) is 48.6 Å². The SMILES string of the molecule is CCc1ccc(OCc2c(F)cccc2CCC(=O)NC)c(C)c1. The molecule has 0 spiro atoms. The molecule has 0 aliphatic carbocycles. The summed E-state index contributed by atoms with van der Waals surface area (Å²) in [6.45, 7) is 4.25. The second-order valence-electron chi connectivity index (χ2n) is 5.79. The van der Waals surface area contributed by atoms with Crippen molar-refractivity contribution in [2.45, 2.75) is 39.7 Å². The Morgan fingerprint density at radius 1 is 1.25 bits per heavy atom. The van der Waals surface area contributed by atoms with Gasteiger partial charge in [0.1, 0.15) is 18.2 Å². The number of rotatable bonds is 7. The molecule has 128 valence electrons. The van der Waals surface area contributed by atoms with Crippen LogP contribution in [0.15, 0.2) is 36.4 Å². The maximum absolute atomic E-state index is 14.2. The number of carbonyl (C=O) groups excluding carboxylic acids is 1. The quantitative estimate of drug-likeness (QED) is 0.835. The fraction of sp³-hybridized carbons (Fsp3) is 0.350. The molecule has 0 fully saturated rings. The number of hydrogen-bond acceptors (Lipinski definition) is 2. The van der Waals surface area contributed by atoms with E-state index in [1.54, 1.807) is 13.1 Å². The predicted molar refractivity (Wildman–Crippen MR) is 93.7 cm³/mol. The number of carbonyl (C=O) groups is 1. The normalized spacial score (nSPS) is 10.5. The highest BCUT2D eigenvalue weighted by atomic mass is 19.1. The van der Waals surface area contributed by atoms with E-state index in [0.717, 1.165) is 23.3 Å². The molecule has 0 aliphatic heterocycles. The Kier molecular flexibility index (Phi) is 6.36. The van der Waals surface area contributed by atoms with Gasteiger partial charge < -0.3 is 10.1 Å². The molecule has 2 aromatic rings. The van der Waals surface area contributed by atoms with E-state index in [-0.39, 0.29) is 18.3 Å². The molecule has 0 saturated heterocycles. The highest BCUT2D eigenvalue weighted by Crippen LogP contribution is 2.23. The average Bonchev–Trinajstić information content (AvgIpc) is 2.59. The van der Waals surface area contributed by atoms with E-state index in [9.17, 15) is 9.18 Å². The number of halogens is 1. The molecular formula is C20H24FNO2. The lowest BCUT2D eigenvalue weighted by molar-refractivity contribution is -0.120. The van der Waals surface area contributed by atoms with Crippen molar-refractivity contribution in [2.75, 3.05) is 7.05 Å². The van der Waals surface area contributed by atoms with Crippen LogP contribution in [0.1, 0.15) is 35.6 Å². The van der Waals surface area contributed by atoms with Gasteiger partial charge in [0.15, 0.2) is 0 Å². The highest BCUT2D eigenvalue weighted by molar-refractivity contribution is 5.75. The first-order valence-corrected chi connectivity index (χ1v) is 8.24. The first-order valence-electron chi connectivity index (χ1n) is 8.24. The van der Waals surface area contributed by atoms with Crippen LogP contribution in [-0.2, 0) is 24.2 Å². The van der Waals surface area contributed by atoms with Crippen LogP contribution < -0.4 is 10.1 Å². The van der Waals surface area contributed by atoms with Gasteiger partial charge in [0.2, 0.25) is 5.91 Å². The summed E-state index contributed by atoms with van der Waals surface area (Å²) in [6.07, 6.45) is 1.79. The number of ether oxygens (including phenoxy) is 1. The molecule has 0 bridgehead atoms. The summed E-state index contributed by atoms with van der Waals surface area (Å²) < 4.78 is 20.0. The molecule has 4 heteroatoms. The third-order valence-corrected chi connectivity index (χ3v) is 4.14. The molecule has 2 rings (SSSR count). The van der Waals surface area contributed by atoms with E-state index in [4.69, 9.17) is 4.74 Å². The Hall–Kier alpha value is -2.36. The lowest BCUT2D eigenvalue weighted by Gasteiger charge is -2.14. The molecule has 1 amide bonds. The van der Waals surface area contributed by atoms with E-state index in [1.165, 1.54) is 11.6 Å². The van der Waals surface area contributed by atoms with Gasteiger partial charge in [-0.15, -0.1) is 0 Å². The second-order valence-corrected chi connectivity index (χ2v) is 5.79. The average molecular weight is 329 g/mol. The van der Waals surface area contributed by atoms with Gasteiger partial charge in [0.05, 0.1) is 0 Å². The number of aryl methyl sites for hydroxylation is 3. The molecule has 3 nitrogen and oxygen atoms in total. The molecule has 0 heterocycles. The van der Waals surface area contributed by atoms with E-state index in [0.29, 0.717) is 18.4 Å². The van der Waals surface area contributed by atoms with Crippen molar-refractivity contribution in [3.63, 3.8) is 0 Å². The van der Waals surface area contributed by atoms with Crippen molar-refractivity contribution in [3.8, 4) is 5.75 Å². The Bertz CT molecular complexity index is 713. The number of nitrogens with one attached hydrogen (secondary N) is 1. The second kappa shape index (κ2) is 8.48. The van der Waals surface area contributed by atoms with Crippen LogP contribution in [0.3, 0.4) is 0 Å². The minimum absolute atomic E-state index is 0.0582. The molecule has 0 saturated carbocycles. The van der Waals surface area contributed by atoms with Crippen molar-refractivity contribution in [2.24, 2.45) is 0 Å². The number of benzene rings is 2. The summed E-state index contributed by atoms with van der Waals surface area (Å²) in [4.78, 5) is 11.4. The van der Waals surface area contributed by atoms with Crippen molar-refractivity contribution in [1.29, 1.82) is 0 Å². The van der Waals surface area contributed by atoms with Crippen molar-refractivity contribution >= 4 is 5.91 Å². The smallest absolute Gasteiger partial charge is 0.220 e. The fourth-order valence-electron chi connectivity index (χ4n) is 2.62. The van der Waals surface area contributed by atoms with E-state index in [2.05, 4.69) is 18.3 Å². The van der Waals surface area contributed by atoms with Crippen LogP contribution >= 0.6 is 0 Å². The first-order chi connectivity index (χ1) is 11.5. The molecule has 0 radical (unpaired) electrons. The third-order valence-electron chi connectivity index (χ3n) is 4.14.